The lowest BCUT2D eigenvalue weighted by Crippen LogP contribution is -2.61. The van der Waals surface area contributed by atoms with Crippen LogP contribution >= 0.6 is 12.2 Å². The van der Waals surface area contributed by atoms with Crippen LogP contribution in [0.5, 0.6) is 11.5 Å². The van der Waals surface area contributed by atoms with E-state index >= 15 is 0 Å². The summed E-state index contributed by atoms with van der Waals surface area (Å²) in [6, 6.07) is 14.0. The number of methoxy groups -OCH3 is 2. The van der Waals surface area contributed by atoms with Crippen LogP contribution in [0, 0.1) is 5.92 Å². The zero-order valence-electron chi connectivity index (χ0n) is 18.8. The average molecular weight is 472 g/mol. The molecule has 176 valence electrons. The third-order valence-corrected chi connectivity index (χ3v) is 6.73. The smallest absolute Gasteiger partial charge is 0.228 e. The molecular weight excluding hydrogens is 442 g/mol. The summed E-state index contributed by atoms with van der Waals surface area (Å²) in [4.78, 5) is 17.1. The fourth-order valence-electron chi connectivity index (χ4n) is 4.78. The Bertz CT molecular complexity index is 998. The monoisotopic (exact) mass is 471 g/mol. The number of aliphatic hydroxyl groups is 2. The number of amides is 1. The van der Waals surface area contributed by atoms with Crippen LogP contribution in [-0.2, 0) is 11.3 Å². The SMILES string of the molecule is COc1cc(OC)cc(N2C(=S)N[C@H]3[C@@H](O)[C@H](O)C[C@@H](C(=O)N(C)Cc4ccccc4)[C@H]32)c1. The van der Waals surface area contributed by atoms with E-state index in [1.54, 1.807) is 32.2 Å². The third-order valence-electron chi connectivity index (χ3n) is 6.42. The van der Waals surface area contributed by atoms with Crippen LogP contribution in [0.3, 0.4) is 0 Å². The second-order valence-electron chi connectivity index (χ2n) is 8.49. The molecule has 0 unspecified atom stereocenters. The number of hydrogen-bond acceptors (Lipinski definition) is 6. The standard InChI is InChI=1S/C24H29N3O5S/c1-26(13-14-7-5-4-6-8-14)23(30)18-12-19(28)22(29)20-21(18)27(24(33)25-20)15-9-16(31-2)11-17(10-15)32-3/h4-11,18-22,28-29H,12-13H2,1-3H3,(H,25,33)/t18-,19-,20-,21-,22+/m1/s1. The summed E-state index contributed by atoms with van der Waals surface area (Å²) in [6.07, 6.45) is -1.98. The lowest BCUT2D eigenvalue weighted by molar-refractivity contribution is -0.141. The number of rotatable bonds is 6. The molecule has 1 saturated heterocycles. The first kappa shape index (κ1) is 23.3. The van der Waals surface area contributed by atoms with Crippen molar-refractivity contribution in [3.05, 3.63) is 54.1 Å². The molecule has 1 amide bonds. The number of aliphatic hydroxyl groups excluding tert-OH is 2. The number of fused-ring (bicyclic) bond motifs is 1. The van der Waals surface area contributed by atoms with Crippen LogP contribution < -0.4 is 19.7 Å². The molecule has 2 aliphatic rings. The van der Waals surface area contributed by atoms with Crippen molar-refractivity contribution in [3.8, 4) is 11.5 Å². The largest absolute Gasteiger partial charge is 0.497 e. The van der Waals surface area contributed by atoms with Gasteiger partial charge in [-0.05, 0) is 24.2 Å². The fourth-order valence-corrected chi connectivity index (χ4v) is 5.14. The number of nitrogens with zero attached hydrogens (tertiary/aromatic N) is 2. The Morgan fingerprint density at radius 1 is 1.15 bits per heavy atom. The van der Waals surface area contributed by atoms with Crippen molar-refractivity contribution in [2.75, 3.05) is 26.2 Å². The number of thiocarbonyl (C=S) groups is 1. The second-order valence-corrected chi connectivity index (χ2v) is 8.87. The molecule has 5 atom stereocenters. The molecule has 9 heteroatoms. The Morgan fingerprint density at radius 3 is 2.39 bits per heavy atom. The van der Waals surface area contributed by atoms with Gasteiger partial charge in [0.1, 0.15) is 17.6 Å². The van der Waals surface area contributed by atoms with E-state index in [2.05, 4.69) is 5.32 Å². The molecule has 1 saturated carbocycles. The summed E-state index contributed by atoms with van der Waals surface area (Å²) in [7, 11) is 4.88. The van der Waals surface area contributed by atoms with Crippen molar-refractivity contribution < 1.29 is 24.5 Å². The van der Waals surface area contributed by atoms with E-state index < -0.39 is 30.2 Å². The van der Waals surface area contributed by atoms with Crippen molar-refractivity contribution in [1.82, 2.24) is 10.2 Å². The van der Waals surface area contributed by atoms with Crippen molar-refractivity contribution in [2.24, 2.45) is 5.92 Å². The molecule has 0 bridgehead atoms. The van der Waals surface area contributed by atoms with Crippen LogP contribution in [0.2, 0.25) is 0 Å². The van der Waals surface area contributed by atoms with Crippen LogP contribution in [-0.4, -0.2) is 71.7 Å². The van der Waals surface area contributed by atoms with Gasteiger partial charge in [0, 0.05) is 31.8 Å². The van der Waals surface area contributed by atoms with Crippen molar-refractivity contribution in [2.45, 2.75) is 37.3 Å². The molecule has 0 radical (unpaired) electrons. The van der Waals surface area contributed by atoms with Gasteiger partial charge < -0.3 is 34.8 Å². The van der Waals surface area contributed by atoms with Crippen LogP contribution in [0.4, 0.5) is 5.69 Å². The lowest BCUT2D eigenvalue weighted by Gasteiger charge is -2.42. The number of ether oxygens (including phenoxy) is 2. The molecule has 0 aromatic heterocycles. The average Bonchev–Trinajstić information content (AvgIpc) is 3.18. The summed E-state index contributed by atoms with van der Waals surface area (Å²) in [5.74, 6) is 0.450. The molecule has 2 fully saturated rings. The maximum absolute atomic E-state index is 13.6. The number of nitrogens with one attached hydrogen (secondary N) is 1. The van der Waals surface area contributed by atoms with Gasteiger partial charge >= 0.3 is 0 Å². The Hall–Kier alpha value is -2.88. The maximum atomic E-state index is 13.6. The van der Waals surface area contributed by atoms with E-state index in [1.165, 1.54) is 0 Å². The minimum Gasteiger partial charge on any atom is -0.497 e. The summed E-state index contributed by atoms with van der Waals surface area (Å²) in [5.41, 5.74) is 1.69. The van der Waals surface area contributed by atoms with Crippen molar-refractivity contribution >= 4 is 28.9 Å². The highest BCUT2D eigenvalue weighted by Gasteiger charge is 2.54. The van der Waals surface area contributed by atoms with E-state index in [-0.39, 0.29) is 12.3 Å². The van der Waals surface area contributed by atoms with Crippen molar-refractivity contribution in [3.63, 3.8) is 0 Å². The summed E-state index contributed by atoms with van der Waals surface area (Å²) in [5, 5.41) is 24.8. The molecule has 4 rings (SSSR count). The van der Waals surface area contributed by atoms with Gasteiger partial charge in [0.15, 0.2) is 5.11 Å². The van der Waals surface area contributed by atoms with Crippen molar-refractivity contribution in [1.29, 1.82) is 0 Å². The maximum Gasteiger partial charge on any atom is 0.228 e. The highest BCUT2D eigenvalue weighted by Crippen LogP contribution is 2.39. The minimum absolute atomic E-state index is 0.119. The third kappa shape index (κ3) is 4.48. The Morgan fingerprint density at radius 2 is 1.79 bits per heavy atom. The van der Waals surface area contributed by atoms with Gasteiger partial charge in [-0.2, -0.15) is 0 Å². The molecule has 1 heterocycles. The van der Waals surface area contributed by atoms with E-state index in [4.69, 9.17) is 21.7 Å². The molecule has 3 N–H and O–H groups in total. The van der Waals surface area contributed by atoms with Gasteiger partial charge in [0.05, 0.1) is 44.0 Å². The first-order valence-electron chi connectivity index (χ1n) is 10.8. The molecular formula is C24H29N3O5S. The topological polar surface area (TPSA) is 94.5 Å². The van der Waals surface area contributed by atoms with E-state index in [1.807, 2.05) is 47.4 Å². The molecule has 33 heavy (non-hydrogen) atoms. The van der Waals surface area contributed by atoms with Gasteiger partial charge in [-0.1, -0.05) is 30.3 Å². The number of benzene rings is 2. The van der Waals surface area contributed by atoms with Crippen LogP contribution in [0.25, 0.3) is 0 Å². The normalized spacial score (nSPS) is 26.4. The lowest BCUT2D eigenvalue weighted by atomic mass is 9.77. The predicted molar refractivity (Wildman–Crippen MR) is 128 cm³/mol. The first-order valence-corrected chi connectivity index (χ1v) is 11.2. The zero-order chi connectivity index (χ0) is 23.7. The number of anilines is 1. The molecule has 0 spiro atoms. The molecule has 2 aromatic carbocycles. The van der Waals surface area contributed by atoms with E-state index in [9.17, 15) is 15.0 Å². The van der Waals surface area contributed by atoms with Crippen LogP contribution in [0.1, 0.15) is 12.0 Å². The van der Waals surface area contributed by atoms with Gasteiger partial charge in [0.25, 0.3) is 0 Å². The number of carbonyl (C=O) groups is 1. The van der Waals surface area contributed by atoms with Gasteiger partial charge in [-0.3, -0.25) is 4.79 Å². The predicted octanol–water partition coefficient (Wildman–Crippen LogP) is 1.54. The molecule has 2 aromatic rings. The summed E-state index contributed by atoms with van der Waals surface area (Å²) < 4.78 is 10.8. The molecule has 1 aliphatic heterocycles. The minimum atomic E-state index is -1.06. The number of hydrogen-bond donors (Lipinski definition) is 3. The van der Waals surface area contributed by atoms with E-state index in [0.29, 0.717) is 28.8 Å². The number of carbonyl (C=O) groups excluding carboxylic acids is 1. The van der Waals surface area contributed by atoms with Gasteiger partial charge in [-0.25, -0.2) is 0 Å². The first-order chi connectivity index (χ1) is 15.8. The van der Waals surface area contributed by atoms with Gasteiger partial charge in [0.2, 0.25) is 5.91 Å². The quantitative estimate of drug-likeness (QED) is 0.547. The molecule has 1 aliphatic carbocycles. The Labute approximate surface area is 198 Å². The highest BCUT2D eigenvalue weighted by molar-refractivity contribution is 7.80. The zero-order valence-corrected chi connectivity index (χ0v) is 19.7. The second kappa shape index (κ2) is 9.54. The van der Waals surface area contributed by atoms with Crippen LogP contribution in [0.15, 0.2) is 48.5 Å². The Kier molecular flexibility index (Phi) is 6.73. The summed E-state index contributed by atoms with van der Waals surface area (Å²) >= 11 is 5.61. The Balaban J connectivity index is 1.69. The summed E-state index contributed by atoms with van der Waals surface area (Å²) in [6.45, 7) is 0.442. The van der Waals surface area contributed by atoms with Gasteiger partial charge in [-0.15, -0.1) is 0 Å². The van der Waals surface area contributed by atoms with E-state index in [0.717, 1.165) is 5.56 Å². The highest BCUT2D eigenvalue weighted by atomic mass is 32.1. The fraction of sp³-hybridized carbons (Fsp3) is 0.417. The molecule has 8 nitrogen and oxygen atoms in total.